The van der Waals surface area contributed by atoms with Crippen molar-refractivity contribution in [2.75, 3.05) is 6.61 Å². The minimum Gasteiger partial charge on any atom is -0.493 e. The zero-order chi connectivity index (χ0) is 11.4. The van der Waals surface area contributed by atoms with Gasteiger partial charge in [-0.25, -0.2) is 0 Å². The summed E-state index contributed by atoms with van der Waals surface area (Å²) in [7, 11) is 0. The molecular weight excluding hydrogens is 196 g/mol. The van der Waals surface area contributed by atoms with E-state index in [-0.39, 0.29) is 0 Å². The van der Waals surface area contributed by atoms with Crippen molar-refractivity contribution >= 4 is 0 Å². The van der Waals surface area contributed by atoms with Crippen LogP contribution in [0, 0.1) is 0 Å². The molecule has 0 saturated carbocycles. The molecule has 1 aliphatic rings. The summed E-state index contributed by atoms with van der Waals surface area (Å²) in [6.07, 6.45) is 7.26. The Morgan fingerprint density at radius 3 is 2.81 bits per heavy atom. The fourth-order valence-electron chi connectivity index (χ4n) is 2.42. The number of hydrogen-bond donors (Lipinski definition) is 0. The van der Waals surface area contributed by atoms with E-state index in [1.165, 1.54) is 48.8 Å². The van der Waals surface area contributed by atoms with Crippen LogP contribution in [-0.4, -0.2) is 6.61 Å². The Bertz CT molecular complexity index is 355. The monoisotopic (exact) mass is 218 g/mol. The van der Waals surface area contributed by atoms with Crippen LogP contribution in [0.3, 0.4) is 0 Å². The largest absolute Gasteiger partial charge is 0.493 e. The Labute approximate surface area is 98.8 Å². The third kappa shape index (κ3) is 2.40. The molecule has 1 aromatic rings. The molecule has 0 atom stereocenters. The predicted molar refractivity (Wildman–Crippen MR) is 68.2 cm³/mol. The van der Waals surface area contributed by atoms with Gasteiger partial charge in [0.25, 0.3) is 0 Å². The molecule has 0 bridgehead atoms. The van der Waals surface area contributed by atoms with Crippen molar-refractivity contribution in [2.45, 2.75) is 52.4 Å². The molecule has 16 heavy (non-hydrogen) atoms. The third-order valence-electron chi connectivity index (χ3n) is 3.41. The van der Waals surface area contributed by atoms with E-state index in [0.29, 0.717) is 0 Å². The first-order valence-electron chi connectivity index (χ1n) is 6.62. The summed E-state index contributed by atoms with van der Waals surface area (Å²) in [5.41, 5.74) is 4.45. The molecule has 88 valence electrons. The highest BCUT2D eigenvalue weighted by Gasteiger charge is 2.13. The average molecular weight is 218 g/mol. The number of rotatable bonds is 4. The molecule has 0 unspecified atom stereocenters. The molecule has 0 fully saturated rings. The van der Waals surface area contributed by atoms with Crippen LogP contribution in [0.5, 0.6) is 5.75 Å². The number of aryl methyl sites for hydroxylation is 3. The lowest BCUT2D eigenvalue weighted by molar-refractivity contribution is 0.288. The number of ether oxygens (including phenoxy) is 1. The second-order valence-electron chi connectivity index (χ2n) is 4.64. The van der Waals surface area contributed by atoms with Crippen LogP contribution >= 0.6 is 0 Å². The third-order valence-corrected chi connectivity index (χ3v) is 3.41. The molecule has 1 aromatic carbocycles. The molecule has 0 saturated heterocycles. The molecule has 1 heterocycles. The summed E-state index contributed by atoms with van der Waals surface area (Å²) in [4.78, 5) is 0. The van der Waals surface area contributed by atoms with E-state index in [1.54, 1.807) is 0 Å². The SMILES string of the molecule is CCCCc1cc2c(cc1CC)CCCO2. The Morgan fingerprint density at radius 2 is 2.06 bits per heavy atom. The van der Waals surface area contributed by atoms with E-state index < -0.39 is 0 Å². The Morgan fingerprint density at radius 1 is 1.19 bits per heavy atom. The lowest BCUT2D eigenvalue weighted by Crippen LogP contribution is -2.10. The first kappa shape index (κ1) is 11.5. The van der Waals surface area contributed by atoms with Gasteiger partial charge in [-0.1, -0.05) is 26.3 Å². The molecule has 2 rings (SSSR count). The van der Waals surface area contributed by atoms with E-state index in [0.717, 1.165) is 18.8 Å². The molecular formula is C15H22O. The lowest BCUT2D eigenvalue weighted by Gasteiger charge is -2.20. The van der Waals surface area contributed by atoms with Crippen molar-refractivity contribution in [2.24, 2.45) is 0 Å². The van der Waals surface area contributed by atoms with E-state index in [4.69, 9.17) is 4.74 Å². The van der Waals surface area contributed by atoms with E-state index in [2.05, 4.69) is 26.0 Å². The molecule has 1 nitrogen and oxygen atoms in total. The van der Waals surface area contributed by atoms with Gasteiger partial charge in [-0.15, -0.1) is 0 Å². The van der Waals surface area contributed by atoms with Crippen LogP contribution in [0.4, 0.5) is 0 Å². The van der Waals surface area contributed by atoms with Crippen molar-refractivity contribution in [3.63, 3.8) is 0 Å². The van der Waals surface area contributed by atoms with Gasteiger partial charge in [0.05, 0.1) is 6.61 Å². The predicted octanol–water partition coefficient (Wildman–Crippen LogP) is 3.92. The standard InChI is InChI=1S/C15H22O/c1-3-5-7-13-11-15-14(8-6-9-16-15)10-12(13)4-2/h10-11H,3-9H2,1-2H3. The fraction of sp³-hybridized carbons (Fsp3) is 0.600. The van der Waals surface area contributed by atoms with Crippen molar-refractivity contribution in [1.82, 2.24) is 0 Å². The summed E-state index contributed by atoms with van der Waals surface area (Å²) >= 11 is 0. The highest BCUT2D eigenvalue weighted by atomic mass is 16.5. The number of hydrogen-bond acceptors (Lipinski definition) is 1. The smallest absolute Gasteiger partial charge is 0.122 e. The van der Waals surface area contributed by atoms with Crippen molar-refractivity contribution < 1.29 is 4.74 Å². The lowest BCUT2D eigenvalue weighted by atomic mass is 9.94. The number of fused-ring (bicyclic) bond motifs is 1. The zero-order valence-electron chi connectivity index (χ0n) is 10.5. The van der Waals surface area contributed by atoms with Crippen molar-refractivity contribution in [1.29, 1.82) is 0 Å². The van der Waals surface area contributed by atoms with Gasteiger partial charge in [-0.05, 0) is 54.9 Å². The van der Waals surface area contributed by atoms with Gasteiger partial charge in [0, 0.05) is 0 Å². The van der Waals surface area contributed by atoms with Gasteiger partial charge in [0.15, 0.2) is 0 Å². The first-order chi connectivity index (χ1) is 7.85. The Kier molecular flexibility index (Phi) is 3.87. The number of benzene rings is 1. The second kappa shape index (κ2) is 5.38. The quantitative estimate of drug-likeness (QED) is 0.744. The minimum absolute atomic E-state index is 0.895. The molecule has 0 amide bonds. The maximum atomic E-state index is 5.74. The Hall–Kier alpha value is -0.980. The molecule has 0 radical (unpaired) electrons. The van der Waals surface area contributed by atoms with Gasteiger partial charge in [-0.3, -0.25) is 0 Å². The summed E-state index contributed by atoms with van der Waals surface area (Å²) in [5, 5.41) is 0. The summed E-state index contributed by atoms with van der Waals surface area (Å²) in [6, 6.07) is 4.67. The van der Waals surface area contributed by atoms with Crippen LogP contribution in [-0.2, 0) is 19.3 Å². The molecule has 0 N–H and O–H groups in total. The highest BCUT2D eigenvalue weighted by Crippen LogP contribution is 2.29. The van der Waals surface area contributed by atoms with Crippen LogP contribution in [0.1, 0.15) is 49.8 Å². The van der Waals surface area contributed by atoms with E-state index >= 15 is 0 Å². The van der Waals surface area contributed by atoms with Gasteiger partial charge >= 0.3 is 0 Å². The van der Waals surface area contributed by atoms with Crippen LogP contribution < -0.4 is 4.74 Å². The van der Waals surface area contributed by atoms with Gasteiger partial charge in [-0.2, -0.15) is 0 Å². The normalized spacial score (nSPS) is 14.4. The fourth-order valence-corrected chi connectivity index (χ4v) is 2.42. The van der Waals surface area contributed by atoms with E-state index in [1.807, 2.05) is 0 Å². The van der Waals surface area contributed by atoms with Crippen LogP contribution in [0.2, 0.25) is 0 Å². The topological polar surface area (TPSA) is 9.23 Å². The second-order valence-corrected chi connectivity index (χ2v) is 4.64. The summed E-state index contributed by atoms with van der Waals surface area (Å²) < 4.78 is 5.74. The highest BCUT2D eigenvalue weighted by molar-refractivity contribution is 5.44. The van der Waals surface area contributed by atoms with Crippen LogP contribution in [0.25, 0.3) is 0 Å². The molecule has 0 spiro atoms. The maximum absolute atomic E-state index is 5.74. The average Bonchev–Trinajstić information content (AvgIpc) is 2.35. The van der Waals surface area contributed by atoms with Gasteiger partial charge < -0.3 is 4.74 Å². The zero-order valence-corrected chi connectivity index (χ0v) is 10.5. The molecule has 0 aromatic heterocycles. The first-order valence-corrected chi connectivity index (χ1v) is 6.62. The minimum atomic E-state index is 0.895. The Balaban J connectivity index is 2.28. The van der Waals surface area contributed by atoms with Crippen LogP contribution in [0.15, 0.2) is 12.1 Å². The maximum Gasteiger partial charge on any atom is 0.122 e. The number of unbranched alkanes of at least 4 members (excludes halogenated alkanes) is 1. The van der Waals surface area contributed by atoms with E-state index in [9.17, 15) is 0 Å². The summed E-state index contributed by atoms with van der Waals surface area (Å²) in [6.45, 7) is 5.40. The summed E-state index contributed by atoms with van der Waals surface area (Å²) in [5.74, 6) is 1.15. The molecule has 1 aliphatic heterocycles. The van der Waals surface area contributed by atoms with Crippen molar-refractivity contribution in [3.05, 3.63) is 28.8 Å². The van der Waals surface area contributed by atoms with Gasteiger partial charge in [0.2, 0.25) is 0 Å². The van der Waals surface area contributed by atoms with Crippen molar-refractivity contribution in [3.8, 4) is 5.75 Å². The molecule has 0 aliphatic carbocycles. The molecule has 1 heteroatoms. The van der Waals surface area contributed by atoms with Gasteiger partial charge in [0.1, 0.15) is 5.75 Å².